The molecule has 2 rings (SSSR count). The van der Waals surface area contributed by atoms with Crippen molar-refractivity contribution in [2.45, 2.75) is 80.4 Å². The summed E-state index contributed by atoms with van der Waals surface area (Å²) in [5.74, 6) is -0.200. The summed E-state index contributed by atoms with van der Waals surface area (Å²) in [6.07, 6.45) is 1.50. The zero-order chi connectivity index (χ0) is 20.3. The molecule has 2 heterocycles. The number of nitrogens with one attached hydrogen (secondary N) is 1. The predicted molar refractivity (Wildman–Crippen MR) is 107 cm³/mol. The van der Waals surface area contributed by atoms with Crippen molar-refractivity contribution in [3.8, 4) is 0 Å². The monoisotopic (exact) mass is 422 g/mol. The van der Waals surface area contributed by atoms with Gasteiger partial charge in [0.2, 0.25) is 5.91 Å². The van der Waals surface area contributed by atoms with Gasteiger partial charge in [-0.3, -0.25) is 4.79 Å². The molecule has 156 valence electrons. The Labute approximate surface area is 170 Å². The van der Waals surface area contributed by atoms with Crippen molar-refractivity contribution in [3.05, 3.63) is 11.8 Å². The van der Waals surface area contributed by atoms with Crippen molar-refractivity contribution in [1.29, 1.82) is 0 Å². The third-order valence-corrected chi connectivity index (χ3v) is 6.33. The van der Waals surface area contributed by atoms with Crippen LogP contribution < -0.4 is 5.32 Å². The topological polar surface area (TPSA) is 102 Å². The van der Waals surface area contributed by atoms with E-state index in [9.17, 15) is 20.1 Å². The average Bonchev–Trinajstić information content (AvgIpc) is 2.99. The first kappa shape index (κ1) is 22.8. The molecule has 0 aromatic heterocycles. The molecule has 2 aliphatic heterocycles. The van der Waals surface area contributed by atoms with Crippen LogP contribution in [0.4, 0.5) is 0 Å². The largest absolute Gasteiger partial charge is 0.388 e. The van der Waals surface area contributed by atoms with Crippen molar-refractivity contribution in [2.24, 2.45) is 0 Å². The van der Waals surface area contributed by atoms with Crippen molar-refractivity contribution < 1.29 is 24.9 Å². The molecule has 0 spiro atoms. The minimum absolute atomic E-state index is 0.200. The molecule has 7 nitrogen and oxygen atoms in total. The first-order chi connectivity index (χ1) is 12.7. The highest BCUT2D eigenvalue weighted by Gasteiger charge is 2.48. The minimum Gasteiger partial charge on any atom is -0.388 e. The fourth-order valence-corrected chi connectivity index (χ4v) is 4.56. The molecule has 0 aliphatic carbocycles. The van der Waals surface area contributed by atoms with Crippen LogP contribution in [-0.2, 0) is 9.53 Å². The van der Waals surface area contributed by atoms with E-state index < -0.39 is 41.3 Å². The van der Waals surface area contributed by atoms with Gasteiger partial charge in [-0.1, -0.05) is 18.9 Å². The molecule has 1 amide bonds. The van der Waals surface area contributed by atoms with Crippen LogP contribution in [0.15, 0.2) is 11.8 Å². The van der Waals surface area contributed by atoms with Crippen LogP contribution >= 0.6 is 23.4 Å². The number of aliphatic hydroxyl groups is 3. The Hall–Kier alpha value is -0.510. The summed E-state index contributed by atoms with van der Waals surface area (Å²) in [5.41, 5.74) is 0.515. The maximum atomic E-state index is 12.9. The smallest absolute Gasteiger partial charge is 0.243 e. The summed E-state index contributed by atoms with van der Waals surface area (Å²) in [7, 11) is 1.86. The fourth-order valence-electron chi connectivity index (χ4n) is 3.67. The Morgan fingerprint density at radius 3 is 2.63 bits per heavy atom. The molecule has 0 saturated carbocycles. The van der Waals surface area contributed by atoms with E-state index in [1.54, 1.807) is 13.2 Å². The molecule has 0 aromatic rings. The van der Waals surface area contributed by atoms with Crippen LogP contribution in [0.2, 0.25) is 0 Å². The van der Waals surface area contributed by atoms with Crippen molar-refractivity contribution in [2.75, 3.05) is 13.3 Å². The number of nitrogens with zero attached hydrogens (tertiary/aromatic N) is 1. The maximum absolute atomic E-state index is 12.9. The Morgan fingerprint density at radius 2 is 2.07 bits per heavy atom. The number of amides is 1. The van der Waals surface area contributed by atoms with E-state index in [4.69, 9.17) is 16.3 Å². The van der Waals surface area contributed by atoms with E-state index >= 15 is 0 Å². The van der Waals surface area contributed by atoms with E-state index in [2.05, 4.69) is 12.2 Å². The number of aliphatic hydroxyl groups excluding tert-OH is 3. The van der Waals surface area contributed by atoms with E-state index in [1.807, 2.05) is 18.1 Å². The van der Waals surface area contributed by atoms with Crippen LogP contribution in [-0.4, -0.2) is 86.7 Å². The Morgan fingerprint density at radius 1 is 1.41 bits per heavy atom. The van der Waals surface area contributed by atoms with E-state index in [1.165, 1.54) is 17.3 Å². The summed E-state index contributed by atoms with van der Waals surface area (Å²) in [4.78, 5) is 14.8. The minimum atomic E-state index is -1.37. The molecule has 8 atom stereocenters. The summed E-state index contributed by atoms with van der Waals surface area (Å²) in [6.45, 7) is 3.80. The molecule has 0 unspecified atom stereocenters. The lowest BCUT2D eigenvalue weighted by Gasteiger charge is -2.44. The van der Waals surface area contributed by atoms with Gasteiger partial charge in [-0.05, 0) is 32.2 Å². The van der Waals surface area contributed by atoms with Gasteiger partial charge >= 0.3 is 0 Å². The summed E-state index contributed by atoms with van der Waals surface area (Å²) in [6, 6.07) is -1.05. The zero-order valence-electron chi connectivity index (χ0n) is 16.2. The number of carbonyl (C=O) groups is 1. The molecule has 0 aromatic carbocycles. The molecule has 4 N–H and O–H groups in total. The van der Waals surface area contributed by atoms with Crippen molar-refractivity contribution in [1.82, 2.24) is 10.2 Å². The molecule has 0 bridgehead atoms. The first-order valence-electron chi connectivity index (χ1n) is 9.29. The molecule has 1 saturated heterocycles. The molecule has 9 heteroatoms. The van der Waals surface area contributed by atoms with Gasteiger partial charge in [-0.2, -0.15) is 0 Å². The number of hydrogen-bond acceptors (Lipinski definition) is 7. The first-order valence-corrected chi connectivity index (χ1v) is 11.0. The third kappa shape index (κ3) is 5.10. The second-order valence-corrected chi connectivity index (χ2v) is 8.94. The Balaban J connectivity index is 2.10. The second-order valence-electron chi connectivity index (χ2n) is 7.31. The van der Waals surface area contributed by atoms with Gasteiger partial charge in [-0.15, -0.1) is 23.4 Å². The van der Waals surface area contributed by atoms with Crippen molar-refractivity contribution in [3.63, 3.8) is 0 Å². The number of likely N-dealkylation sites (N-methyl/N-ethyl adjacent to an activating group) is 1. The van der Waals surface area contributed by atoms with E-state index in [-0.39, 0.29) is 11.9 Å². The van der Waals surface area contributed by atoms with Crippen LogP contribution in [0.1, 0.15) is 33.1 Å². The molecular weight excluding hydrogens is 392 g/mol. The van der Waals surface area contributed by atoms with Crippen molar-refractivity contribution >= 4 is 29.3 Å². The molecule has 2 aliphatic rings. The highest BCUT2D eigenvalue weighted by Crippen LogP contribution is 2.31. The molecular formula is C18H31ClN2O5S. The normalized spacial score (nSPS) is 36.3. The lowest BCUT2D eigenvalue weighted by molar-refractivity contribution is -0.205. The molecule has 1 fully saturated rings. The van der Waals surface area contributed by atoms with Gasteiger partial charge in [0, 0.05) is 7.05 Å². The Kier molecular flexibility index (Phi) is 8.27. The summed E-state index contributed by atoms with van der Waals surface area (Å²) >= 11 is 7.53. The number of rotatable bonds is 7. The quantitative estimate of drug-likeness (QED) is 0.447. The summed E-state index contributed by atoms with van der Waals surface area (Å²) in [5, 5.41) is 32.9. The third-order valence-electron chi connectivity index (χ3n) is 5.20. The number of ether oxygens (including phenoxy) is 1. The summed E-state index contributed by atoms with van der Waals surface area (Å²) < 4.78 is 5.78. The molecule has 27 heavy (non-hydrogen) atoms. The lowest BCUT2D eigenvalue weighted by atomic mass is 9.93. The number of alkyl halides is 1. The standard InChI is InChI=1S/C18H31ClN2O5S/c1-5-6-10-7-11(21(3)8-10)17(25)20-12(9(2)19)16-14(23)13(22)15(24)18(26-16)27-4/h8-9,11-16,18,22-24H,5-7H2,1-4H3,(H,20,25)/t9-,11-,12+,13-,14+,15+,16+,18+/m0/s1. The fraction of sp³-hybridized carbons (Fsp3) is 0.833. The number of carbonyl (C=O) groups excluding carboxylic acids is 1. The van der Waals surface area contributed by atoms with Crippen LogP contribution in [0.25, 0.3) is 0 Å². The van der Waals surface area contributed by atoms with Crippen LogP contribution in [0.3, 0.4) is 0 Å². The second kappa shape index (κ2) is 9.80. The lowest BCUT2D eigenvalue weighted by Crippen LogP contribution is -2.65. The van der Waals surface area contributed by atoms with E-state index in [0.29, 0.717) is 6.42 Å². The predicted octanol–water partition coefficient (Wildman–Crippen LogP) is 0.657. The maximum Gasteiger partial charge on any atom is 0.243 e. The number of thioether (sulfide) groups is 1. The van der Waals surface area contributed by atoms with Gasteiger partial charge in [0.25, 0.3) is 0 Å². The number of halogens is 1. The highest BCUT2D eigenvalue weighted by molar-refractivity contribution is 7.99. The van der Waals surface area contributed by atoms with Gasteiger partial charge in [0.1, 0.15) is 35.9 Å². The zero-order valence-corrected chi connectivity index (χ0v) is 17.8. The van der Waals surface area contributed by atoms with Gasteiger partial charge in [0.15, 0.2) is 0 Å². The SMILES string of the molecule is CCCC1=CN(C)[C@H](C(=O)N[C@@H]([C@H]2O[C@H](SC)[C@H](O)[C@@H](O)[C@H]2O)[C@H](C)Cl)C1. The van der Waals surface area contributed by atoms with Crippen LogP contribution in [0, 0.1) is 0 Å². The van der Waals surface area contributed by atoms with Gasteiger partial charge in [0.05, 0.1) is 11.4 Å². The molecule has 0 radical (unpaired) electrons. The van der Waals surface area contributed by atoms with Crippen LogP contribution in [0.5, 0.6) is 0 Å². The van der Waals surface area contributed by atoms with Gasteiger partial charge < -0.3 is 30.3 Å². The Bertz CT molecular complexity index is 548. The number of hydrogen-bond donors (Lipinski definition) is 4. The highest BCUT2D eigenvalue weighted by atomic mass is 35.5. The average molecular weight is 423 g/mol. The van der Waals surface area contributed by atoms with Gasteiger partial charge in [-0.25, -0.2) is 0 Å². The van der Waals surface area contributed by atoms with E-state index in [0.717, 1.165) is 12.8 Å².